The van der Waals surface area contributed by atoms with Crippen LogP contribution >= 0.6 is 0 Å². The van der Waals surface area contributed by atoms with E-state index in [0.717, 1.165) is 25.1 Å². The maximum atomic E-state index is 11.0. The zero-order valence-electron chi connectivity index (χ0n) is 16.4. The van der Waals surface area contributed by atoms with Crippen LogP contribution in [0.2, 0.25) is 0 Å². The minimum absolute atomic E-state index is 0.186. The van der Waals surface area contributed by atoms with Crippen molar-refractivity contribution in [2.45, 2.75) is 46.6 Å². The molecule has 1 heterocycles. The van der Waals surface area contributed by atoms with E-state index in [-0.39, 0.29) is 12.0 Å². The summed E-state index contributed by atoms with van der Waals surface area (Å²) in [7, 11) is 0. The molecular weight excluding hydrogens is 326 g/mol. The van der Waals surface area contributed by atoms with Crippen molar-refractivity contribution in [1.82, 2.24) is 4.90 Å². The number of aliphatic carboxylic acids is 1. The third-order valence-corrected chi connectivity index (χ3v) is 5.47. The van der Waals surface area contributed by atoms with E-state index in [9.17, 15) is 4.79 Å². The van der Waals surface area contributed by atoms with Crippen LogP contribution in [-0.4, -0.2) is 41.7 Å². The van der Waals surface area contributed by atoms with Crippen LogP contribution < -0.4 is 4.74 Å². The van der Waals surface area contributed by atoms with E-state index in [1.807, 2.05) is 0 Å². The summed E-state index contributed by atoms with van der Waals surface area (Å²) in [5, 5.41) is 9.02. The van der Waals surface area contributed by atoms with Gasteiger partial charge in [0.15, 0.2) is 0 Å². The van der Waals surface area contributed by atoms with Crippen molar-refractivity contribution >= 4 is 12.0 Å². The van der Waals surface area contributed by atoms with Crippen LogP contribution in [0.1, 0.15) is 45.2 Å². The van der Waals surface area contributed by atoms with Gasteiger partial charge in [0.05, 0.1) is 12.0 Å². The van der Waals surface area contributed by atoms with Gasteiger partial charge in [0.25, 0.3) is 0 Å². The molecule has 1 aromatic rings. The van der Waals surface area contributed by atoms with Gasteiger partial charge >= 0.3 is 5.97 Å². The van der Waals surface area contributed by atoms with Crippen LogP contribution in [0.5, 0.6) is 5.75 Å². The zero-order chi connectivity index (χ0) is 18.8. The molecule has 0 amide bonds. The number of rotatable bonds is 7. The Morgan fingerprint density at radius 1 is 1.31 bits per heavy atom. The number of nitrogens with zero attached hydrogens (tertiary/aromatic N) is 1. The fourth-order valence-electron chi connectivity index (χ4n) is 4.04. The summed E-state index contributed by atoms with van der Waals surface area (Å²) >= 11 is 0. The van der Waals surface area contributed by atoms with Gasteiger partial charge in [-0.2, -0.15) is 0 Å². The molecule has 4 nitrogen and oxygen atoms in total. The van der Waals surface area contributed by atoms with E-state index in [2.05, 4.69) is 56.9 Å². The molecule has 0 bridgehead atoms. The molecule has 1 aliphatic heterocycles. The lowest BCUT2D eigenvalue weighted by atomic mass is 9.83. The van der Waals surface area contributed by atoms with Crippen molar-refractivity contribution in [3.63, 3.8) is 0 Å². The third kappa shape index (κ3) is 4.47. The second-order valence-electron chi connectivity index (χ2n) is 8.47. The fraction of sp³-hybridized carbons (Fsp3) is 0.591. The van der Waals surface area contributed by atoms with E-state index >= 15 is 0 Å². The molecule has 1 saturated heterocycles. The second kappa shape index (κ2) is 7.83. The van der Waals surface area contributed by atoms with Gasteiger partial charge in [-0.15, -0.1) is 0 Å². The predicted molar refractivity (Wildman–Crippen MR) is 104 cm³/mol. The first kappa shape index (κ1) is 19.0. The first-order valence-corrected chi connectivity index (χ1v) is 9.77. The van der Waals surface area contributed by atoms with Gasteiger partial charge in [-0.3, -0.25) is 9.69 Å². The van der Waals surface area contributed by atoms with Crippen molar-refractivity contribution in [1.29, 1.82) is 0 Å². The van der Waals surface area contributed by atoms with Gasteiger partial charge in [0.1, 0.15) is 5.75 Å². The standard InChI is InChI=1S/C22H31NO3/c1-14(2)7-16(4)26-21-6-5-17-9-19(15(3)8-18(17)10-21)11-23-12-20(13-23)22(24)25/h5-6,9-10,14-16,20H,7-8,11-13H2,1-4H3,(H,24,25)/t15-,16+/m0/s1. The third-order valence-electron chi connectivity index (χ3n) is 5.47. The maximum Gasteiger partial charge on any atom is 0.309 e. The van der Waals surface area contributed by atoms with Crippen molar-refractivity contribution in [3.05, 3.63) is 34.9 Å². The molecule has 1 N–H and O–H groups in total. The van der Waals surface area contributed by atoms with Gasteiger partial charge in [0.2, 0.25) is 0 Å². The molecule has 26 heavy (non-hydrogen) atoms. The Morgan fingerprint density at radius 3 is 2.69 bits per heavy atom. The van der Waals surface area contributed by atoms with E-state index in [0.29, 0.717) is 24.9 Å². The van der Waals surface area contributed by atoms with Crippen LogP contribution in [0.3, 0.4) is 0 Å². The molecule has 2 aliphatic rings. The molecule has 1 aromatic carbocycles. The van der Waals surface area contributed by atoms with Crippen molar-refractivity contribution < 1.29 is 14.6 Å². The Balaban J connectivity index is 1.64. The molecule has 2 atom stereocenters. The van der Waals surface area contributed by atoms with Crippen molar-refractivity contribution in [3.8, 4) is 5.75 Å². The highest BCUT2D eigenvalue weighted by Crippen LogP contribution is 2.33. The molecular formula is C22H31NO3. The van der Waals surface area contributed by atoms with E-state index in [1.165, 1.54) is 16.7 Å². The second-order valence-corrected chi connectivity index (χ2v) is 8.47. The number of carboxylic acid groups (broad SMARTS) is 1. The Bertz CT molecular complexity index is 689. The number of ether oxygens (including phenoxy) is 1. The Morgan fingerprint density at radius 2 is 2.04 bits per heavy atom. The molecule has 1 fully saturated rings. The average molecular weight is 357 g/mol. The topological polar surface area (TPSA) is 49.8 Å². The number of benzene rings is 1. The highest BCUT2D eigenvalue weighted by Gasteiger charge is 2.33. The van der Waals surface area contributed by atoms with Crippen LogP contribution in [0.4, 0.5) is 0 Å². The molecule has 0 spiro atoms. The Labute approximate surface area is 156 Å². The van der Waals surface area contributed by atoms with Gasteiger partial charge in [-0.25, -0.2) is 0 Å². The molecule has 142 valence electrons. The summed E-state index contributed by atoms with van der Waals surface area (Å²) in [5.41, 5.74) is 4.03. The SMILES string of the molecule is CC(C)C[C@@H](C)Oc1ccc2c(c1)C[C@H](C)C(CN1CC(C(=O)O)C1)=C2. The number of fused-ring (bicyclic) bond motifs is 1. The first-order valence-electron chi connectivity index (χ1n) is 9.77. The summed E-state index contributed by atoms with van der Waals surface area (Å²) in [6.07, 6.45) is 4.60. The van der Waals surface area contributed by atoms with Crippen molar-refractivity contribution in [2.75, 3.05) is 19.6 Å². The minimum Gasteiger partial charge on any atom is -0.491 e. The minimum atomic E-state index is -0.670. The van der Waals surface area contributed by atoms with Gasteiger partial charge in [0, 0.05) is 19.6 Å². The summed E-state index contributed by atoms with van der Waals surface area (Å²) < 4.78 is 6.09. The Kier molecular flexibility index (Phi) is 5.71. The van der Waals surface area contributed by atoms with Crippen LogP contribution in [0, 0.1) is 17.8 Å². The highest BCUT2D eigenvalue weighted by atomic mass is 16.5. The average Bonchev–Trinajstić information content (AvgIpc) is 2.49. The number of likely N-dealkylation sites (tertiary alicyclic amines) is 1. The number of carboxylic acids is 1. The smallest absolute Gasteiger partial charge is 0.309 e. The molecule has 4 heteroatoms. The van der Waals surface area contributed by atoms with Crippen LogP contribution in [0.25, 0.3) is 6.08 Å². The monoisotopic (exact) mass is 357 g/mol. The summed E-state index contributed by atoms with van der Waals surface area (Å²) in [5.74, 6) is 1.23. The molecule has 0 unspecified atom stereocenters. The van der Waals surface area contributed by atoms with Crippen molar-refractivity contribution in [2.24, 2.45) is 17.8 Å². The fourth-order valence-corrected chi connectivity index (χ4v) is 4.04. The maximum absolute atomic E-state index is 11.0. The van der Waals surface area contributed by atoms with E-state index in [1.54, 1.807) is 0 Å². The molecule has 0 saturated carbocycles. The number of hydrogen-bond donors (Lipinski definition) is 1. The van der Waals surface area contributed by atoms with Gasteiger partial charge in [-0.1, -0.05) is 38.5 Å². The highest BCUT2D eigenvalue weighted by molar-refractivity contribution is 5.71. The molecule has 0 radical (unpaired) electrons. The zero-order valence-corrected chi connectivity index (χ0v) is 16.4. The van der Waals surface area contributed by atoms with Gasteiger partial charge in [-0.05, 0) is 54.9 Å². The van der Waals surface area contributed by atoms with Crippen LogP contribution in [0.15, 0.2) is 23.8 Å². The quantitative estimate of drug-likeness (QED) is 0.798. The normalized spacial score (nSPS) is 21.7. The Hall–Kier alpha value is -1.81. The first-order chi connectivity index (χ1) is 12.3. The predicted octanol–water partition coefficient (Wildman–Crippen LogP) is 4.09. The lowest BCUT2D eigenvalue weighted by molar-refractivity contribution is -0.147. The number of hydrogen-bond acceptors (Lipinski definition) is 3. The lowest BCUT2D eigenvalue weighted by Gasteiger charge is -2.38. The largest absolute Gasteiger partial charge is 0.491 e. The summed E-state index contributed by atoms with van der Waals surface area (Å²) in [6.45, 7) is 11.1. The summed E-state index contributed by atoms with van der Waals surface area (Å²) in [4.78, 5) is 13.2. The van der Waals surface area contributed by atoms with Crippen LogP contribution in [-0.2, 0) is 11.2 Å². The lowest BCUT2D eigenvalue weighted by Crippen LogP contribution is -2.51. The number of carbonyl (C=O) groups is 1. The van der Waals surface area contributed by atoms with Gasteiger partial charge < -0.3 is 9.84 Å². The van der Waals surface area contributed by atoms with E-state index in [4.69, 9.17) is 9.84 Å². The summed E-state index contributed by atoms with van der Waals surface area (Å²) in [6, 6.07) is 6.43. The molecule has 1 aliphatic carbocycles. The molecule has 0 aromatic heterocycles. The van der Waals surface area contributed by atoms with E-state index < -0.39 is 5.97 Å². The molecule has 3 rings (SSSR count).